The third kappa shape index (κ3) is 4.20. The molecule has 0 saturated carbocycles. The first-order valence-electron chi connectivity index (χ1n) is 8.89. The van der Waals surface area contributed by atoms with Gasteiger partial charge in [0.05, 0.1) is 0 Å². The van der Waals surface area contributed by atoms with Gasteiger partial charge in [0.15, 0.2) is 0 Å². The van der Waals surface area contributed by atoms with Crippen LogP contribution in [0, 0.1) is 0 Å². The highest BCUT2D eigenvalue weighted by atomic mass is 31.1. The molecule has 3 aromatic rings. The number of hydrogen-bond acceptors (Lipinski definition) is 2. The minimum atomic E-state index is -0.720. The van der Waals surface area contributed by atoms with Gasteiger partial charge < -0.3 is 4.74 Å². The van der Waals surface area contributed by atoms with Crippen molar-refractivity contribution in [2.75, 3.05) is 0 Å². The van der Waals surface area contributed by atoms with E-state index in [0.717, 1.165) is 5.56 Å². The van der Waals surface area contributed by atoms with Crippen molar-refractivity contribution in [1.29, 1.82) is 0 Å². The van der Waals surface area contributed by atoms with E-state index >= 15 is 0 Å². The molecule has 0 N–H and O–H groups in total. The van der Waals surface area contributed by atoms with Gasteiger partial charge in [-0.3, -0.25) is 4.79 Å². The van der Waals surface area contributed by atoms with Crippen LogP contribution in [0.25, 0.3) is 0 Å². The lowest BCUT2D eigenvalue weighted by Gasteiger charge is -2.24. The molecule has 2 nitrogen and oxygen atoms in total. The van der Waals surface area contributed by atoms with Crippen LogP contribution in [0.3, 0.4) is 0 Å². The number of carbonyl (C=O) groups is 1. The monoisotopic (exact) mass is 362 g/mol. The molecule has 3 heteroatoms. The van der Waals surface area contributed by atoms with Gasteiger partial charge >= 0.3 is 5.97 Å². The molecule has 0 amide bonds. The zero-order valence-electron chi connectivity index (χ0n) is 15.1. The lowest BCUT2D eigenvalue weighted by molar-refractivity contribution is -0.148. The second-order valence-corrected chi connectivity index (χ2v) is 8.24. The summed E-state index contributed by atoms with van der Waals surface area (Å²) in [6.45, 7) is 3.78. The van der Waals surface area contributed by atoms with Gasteiger partial charge in [-0.15, -0.1) is 0 Å². The Morgan fingerprint density at radius 2 is 1.35 bits per heavy atom. The number of esters is 1. The van der Waals surface area contributed by atoms with Crippen LogP contribution < -0.4 is 15.9 Å². The van der Waals surface area contributed by atoms with Crippen LogP contribution in [-0.4, -0.2) is 5.97 Å². The molecule has 0 aliphatic rings. The zero-order chi connectivity index (χ0) is 18.4. The van der Waals surface area contributed by atoms with E-state index in [4.69, 9.17) is 4.74 Å². The first-order valence-corrected chi connectivity index (χ1v) is 10.2. The van der Waals surface area contributed by atoms with E-state index in [9.17, 15) is 4.79 Å². The molecule has 0 aliphatic carbocycles. The maximum atomic E-state index is 11.8. The highest BCUT2D eigenvalue weighted by Gasteiger charge is 2.22. The third-order valence-electron chi connectivity index (χ3n) is 4.24. The molecule has 3 rings (SSSR count). The molecule has 0 fully saturated rings. The average Bonchev–Trinajstić information content (AvgIpc) is 2.70. The number of carbonyl (C=O) groups excluding carboxylic acids is 1. The normalized spacial score (nSPS) is 12.0. The van der Waals surface area contributed by atoms with Gasteiger partial charge in [0.2, 0.25) is 0 Å². The predicted molar refractivity (Wildman–Crippen MR) is 110 cm³/mol. The quantitative estimate of drug-likeness (QED) is 0.478. The second kappa shape index (κ2) is 8.78. The largest absolute Gasteiger partial charge is 0.458 e. The van der Waals surface area contributed by atoms with Crippen LogP contribution in [0.2, 0.25) is 0 Å². The van der Waals surface area contributed by atoms with E-state index < -0.39 is 7.92 Å². The van der Waals surface area contributed by atoms with Crippen molar-refractivity contribution in [3.63, 3.8) is 0 Å². The smallest absolute Gasteiger partial charge is 0.306 e. The molecule has 0 aromatic heterocycles. The van der Waals surface area contributed by atoms with Crippen LogP contribution in [0.1, 0.15) is 31.9 Å². The van der Waals surface area contributed by atoms with Crippen LogP contribution in [0.15, 0.2) is 84.9 Å². The molecular weight excluding hydrogens is 339 g/mol. The maximum absolute atomic E-state index is 11.8. The van der Waals surface area contributed by atoms with Crippen molar-refractivity contribution in [2.45, 2.75) is 26.4 Å². The van der Waals surface area contributed by atoms with Gasteiger partial charge in [0, 0.05) is 12.0 Å². The Kier molecular flexibility index (Phi) is 6.20. The van der Waals surface area contributed by atoms with Gasteiger partial charge in [-0.1, -0.05) is 91.9 Å². The summed E-state index contributed by atoms with van der Waals surface area (Å²) in [7, 11) is -0.720. The summed E-state index contributed by atoms with van der Waals surface area (Å²) >= 11 is 0. The first-order chi connectivity index (χ1) is 12.7. The van der Waals surface area contributed by atoms with E-state index in [1.165, 1.54) is 15.9 Å². The third-order valence-corrected chi connectivity index (χ3v) is 6.76. The maximum Gasteiger partial charge on any atom is 0.306 e. The summed E-state index contributed by atoms with van der Waals surface area (Å²) in [6, 6.07) is 29.4. The fourth-order valence-electron chi connectivity index (χ4n) is 2.96. The topological polar surface area (TPSA) is 26.3 Å². The highest BCUT2D eigenvalue weighted by molar-refractivity contribution is 7.79. The fourth-order valence-corrected chi connectivity index (χ4v) is 5.50. The summed E-state index contributed by atoms with van der Waals surface area (Å²) in [5.74, 6) is -0.170. The Morgan fingerprint density at radius 3 is 1.88 bits per heavy atom. The van der Waals surface area contributed by atoms with Crippen LogP contribution in [0.5, 0.6) is 0 Å². The van der Waals surface area contributed by atoms with E-state index in [2.05, 4.69) is 66.7 Å². The Bertz CT molecular complexity index is 807. The Hall–Kier alpha value is -2.44. The standard InChI is InChI=1S/C23H23O2P/c1-3-23(24)25-18(2)21-16-10-11-17-22(21)26(19-12-6-4-7-13-19)20-14-8-5-9-15-20/h4-18H,3H2,1-2H3. The van der Waals surface area contributed by atoms with Crippen molar-refractivity contribution in [3.05, 3.63) is 90.5 Å². The SMILES string of the molecule is CCC(=O)OC(C)c1ccccc1P(c1ccccc1)c1ccccc1. The average molecular weight is 362 g/mol. The van der Waals surface area contributed by atoms with E-state index in [0.29, 0.717) is 6.42 Å². The lowest BCUT2D eigenvalue weighted by Crippen LogP contribution is -2.25. The van der Waals surface area contributed by atoms with Crippen molar-refractivity contribution in [2.24, 2.45) is 0 Å². The molecule has 0 saturated heterocycles. The van der Waals surface area contributed by atoms with Crippen molar-refractivity contribution >= 4 is 29.8 Å². The van der Waals surface area contributed by atoms with Crippen LogP contribution in [-0.2, 0) is 9.53 Å². The van der Waals surface area contributed by atoms with E-state index in [-0.39, 0.29) is 12.1 Å². The molecule has 0 radical (unpaired) electrons. The second-order valence-electron chi connectivity index (χ2n) is 6.05. The van der Waals surface area contributed by atoms with Gasteiger partial charge in [0.1, 0.15) is 6.10 Å². The first kappa shape index (κ1) is 18.4. The van der Waals surface area contributed by atoms with E-state index in [1.807, 2.05) is 32.0 Å². The minimum Gasteiger partial charge on any atom is -0.458 e. The van der Waals surface area contributed by atoms with E-state index in [1.54, 1.807) is 0 Å². The highest BCUT2D eigenvalue weighted by Crippen LogP contribution is 2.36. The predicted octanol–water partition coefficient (Wildman–Crippen LogP) is 4.46. The Balaban J connectivity index is 2.09. The summed E-state index contributed by atoms with van der Waals surface area (Å²) in [5.41, 5.74) is 1.08. The lowest BCUT2D eigenvalue weighted by atomic mass is 10.1. The summed E-state index contributed by atoms with van der Waals surface area (Å²) in [4.78, 5) is 11.8. The molecule has 1 unspecified atom stereocenters. The van der Waals surface area contributed by atoms with Crippen molar-refractivity contribution < 1.29 is 9.53 Å². The number of ether oxygens (including phenoxy) is 1. The summed E-state index contributed by atoms with van der Waals surface area (Å²) in [6.07, 6.45) is 0.120. The molecule has 26 heavy (non-hydrogen) atoms. The van der Waals surface area contributed by atoms with Crippen LogP contribution in [0.4, 0.5) is 0 Å². The number of rotatable bonds is 6. The zero-order valence-corrected chi connectivity index (χ0v) is 16.0. The van der Waals surface area contributed by atoms with Crippen molar-refractivity contribution in [3.8, 4) is 0 Å². The molecular formula is C23H23O2P. The Morgan fingerprint density at radius 1 is 0.846 bits per heavy atom. The van der Waals surface area contributed by atoms with Gasteiger partial charge in [-0.05, 0) is 30.8 Å². The molecule has 0 heterocycles. The molecule has 3 aromatic carbocycles. The number of benzene rings is 3. The Labute approximate surface area is 156 Å². The van der Waals surface area contributed by atoms with Gasteiger partial charge in [0.25, 0.3) is 0 Å². The van der Waals surface area contributed by atoms with Crippen molar-refractivity contribution in [1.82, 2.24) is 0 Å². The molecule has 0 spiro atoms. The van der Waals surface area contributed by atoms with Gasteiger partial charge in [-0.2, -0.15) is 0 Å². The molecule has 0 aliphatic heterocycles. The van der Waals surface area contributed by atoms with Gasteiger partial charge in [-0.25, -0.2) is 0 Å². The molecule has 1 atom stereocenters. The minimum absolute atomic E-state index is 0.170. The summed E-state index contributed by atoms with van der Waals surface area (Å²) < 4.78 is 5.62. The fraction of sp³-hybridized carbons (Fsp3) is 0.174. The van der Waals surface area contributed by atoms with Crippen LogP contribution >= 0.6 is 7.92 Å². The molecule has 0 bridgehead atoms. The summed E-state index contributed by atoms with van der Waals surface area (Å²) in [5, 5.41) is 3.81. The number of hydrogen-bond donors (Lipinski definition) is 0. The molecule has 132 valence electrons.